The van der Waals surface area contributed by atoms with Crippen LogP contribution in [0.3, 0.4) is 0 Å². The summed E-state index contributed by atoms with van der Waals surface area (Å²) in [7, 11) is 0. The summed E-state index contributed by atoms with van der Waals surface area (Å²) in [4.78, 5) is 15.9. The van der Waals surface area contributed by atoms with Gasteiger partial charge in [-0.3, -0.25) is 4.79 Å². The van der Waals surface area contributed by atoms with E-state index in [0.29, 0.717) is 5.02 Å². The zero-order valence-corrected chi connectivity index (χ0v) is 11.7. The van der Waals surface area contributed by atoms with Crippen molar-refractivity contribution in [3.8, 4) is 0 Å². The van der Waals surface area contributed by atoms with Crippen LogP contribution >= 0.6 is 34.8 Å². The van der Waals surface area contributed by atoms with Gasteiger partial charge in [0, 0.05) is 11.2 Å². The van der Waals surface area contributed by atoms with E-state index < -0.39 is 5.91 Å². The number of hydrogen-bond donors (Lipinski definition) is 2. The van der Waals surface area contributed by atoms with Gasteiger partial charge >= 0.3 is 0 Å². The molecule has 0 aliphatic rings. The number of nitrogens with zero attached hydrogens (tertiary/aromatic N) is 1. The van der Waals surface area contributed by atoms with E-state index in [2.05, 4.69) is 10.3 Å². The first-order valence-corrected chi connectivity index (χ1v) is 6.29. The maximum absolute atomic E-state index is 12.0. The predicted octanol–water partition coefficient (Wildman–Crippen LogP) is 3.88. The van der Waals surface area contributed by atoms with Crippen LogP contribution in [0.1, 0.15) is 10.5 Å². The first-order chi connectivity index (χ1) is 8.99. The SMILES string of the molecule is Nc1cccnc1C(=O)Nc1c(Cl)cc(Cl)cc1Cl. The molecule has 0 spiro atoms. The van der Waals surface area contributed by atoms with Gasteiger partial charge in [0.1, 0.15) is 0 Å². The topological polar surface area (TPSA) is 68.0 Å². The van der Waals surface area contributed by atoms with E-state index in [1.165, 1.54) is 18.3 Å². The van der Waals surface area contributed by atoms with Gasteiger partial charge in [-0.25, -0.2) is 4.98 Å². The second-order valence-electron chi connectivity index (χ2n) is 3.64. The fourth-order valence-corrected chi connectivity index (χ4v) is 2.35. The van der Waals surface area contributed by atoms with Crippen LogP contribution < -0.4 is 11.1 Å². The van der Waals surface area contributed by atoms with E-state index in [4.69, 9.17) is 40.5 Å². The Morgan fingerprint density at radius 3 is 2.42 bits per heavy atom. The third-order valence-corrected chi connectivity index (χ3v) is 3.11. The largest absolute Gasteiger partial charge is 0.397 e. The number of aromatic nitrogens is 1. The Labute approximate surface area is 124 Å². The molecule has 4 nitrogen and oxygen atoms in total. The number of amides is 1. The van der Waals surface area contributed by atoms with Gasteiger partial charge in [0.2, 0.25) is 0 Å². The summed E-state index contributed by atoms with van der Waals surface area (Å²) in [5.41, 5.74) is 6.30. The second-order valence-corrected chi connectivity index (χ2v) is 4.89. The summed E-state index contributed by atoms with van der Waals surface area (Å²) in [6.07, 6.45) is 1.47. The van der Waals surface area contributed by atoms with E-state index in [1.54, 1.807) is 12.1 Å². The van der Waals surface area contributed by atoms with Crippen molar-refractivity contribution in [1.29, 1.82) is 0 Å². The molecule has 0 aliphatic carbocycles. The van der Waals surface area contributed by atoms with Crippen molar-refractivity contribution in [2.45, 2.75) is 0 Å². The number of nitrogen functional groups attached to an aromatic ring is 1. The molecule has 98 valence electrons. The van der Waals surface area contributed by atoms with Gasteiger partial charge in [-0.05, 0) is 24.3 Å². The highest BCUT2D eigenvalue weighted by Crippen LogP contribution is 2.34. The number of hydrogen-bond acceptors (Lipinski definition) is 3. The first-order valence-electron chi connectivity index (χ1n) is 5.15. The third-order valence-electron chi connectivity index (χ3n) is 2.30. The van der Waals surface area contributed by atoms with Crippen molar-refractivity contribution in [2.24, 2.45) is 0 Å². The molecule has 0 radical (unpaired) electrons. The molecule has 1 amide bonds. The molecule has 0 unspecified atom stereocenters. The van der Waals surface area contributed by atoms with Gasteiger partial charge in [0.15, 0.2) is 5.69 Å². The number of benzene rings is 1. The molecule has 1 heterocycles. The number of halogens is 3. The fourth-order valence-electron chi connectivity index (χ4n) is 1.44. The summed E-state index contributed by atoms with van der Waals surface area (Å²) in [6.45, 7) is 0. The Balaban J connectivity index is 2.32. The van der Waals surface area contributed by atoms with Gasteiger partial charge in [-0.1, -0.05) is 34.8 Å². The van der Waals surface area contributed by atoms with Crippen LogP contribution in [-0.2, 0) is 0 Å². The summed E-state index contributed by atoms with van der Waals surface area (Å²) in [5.74, 6) is -0.496. The highest BCUT2D eigenvalue weighted by molar-refractivity contribution is 6.42. The molecule has 0 fully saturated rings. The van der Waals surface area contributed by atoms with Crippen LogP contribution in [-0.4, -0.2) is 10.9 Å². The Bertz CT molecular complexity index is 623. The molecule has 1 aromatic heterocycles. The molecule has 2 rings (SSSR count). The lowest BCUT2D eigenvalue weighted by Crippen LogP contribution is -2.16. The Morgan fingerprint density at radius 2 is 1.84 bits per heavy atom. The predicted molar refractivity (Wildman–Crippen MR) is 78.1 cm³/mol. The lowest BCUT2D eigenvalue weighted by molar-refractivity contribution is 0.102. The number of nitrogens with one attached hydrogen (secondary N) is 1. The summed E-state index contributed by atoms with van der Waals surface area (Å²) in [6, 6.07) is 6.17. The standard InChI is InChI=1S/C12H8Cl3N3O/c13-6-4-7(14)10(8(15)5-6)18-12(19)11-9(16)2-1-3-17-11/h1-5H,16H2,(H,18,19). The van der Waals surface area contributed by atoms with Crippen LogP contribution in [0.2, 0.25) is 15.1 Å². The van der Waals surface area contributed by atoms with Crippen molar-refractivity contribution >= 4 is 52.1 Å². The van der Waals surface area contributed by atoms with Crippen LogP contribution in [0.4, 0.5) is 11.4 Å². The van der Waals surface area contributed by atoms with Gasteiger partial charge in [-0.2, -0.15) is 0 Å². The van der Waals surface area contributed by atoms with E-state index in [-0.39, 0.29) is 27.1 Å². The molecule has 2 aromatic rings. The summed E-state index contributed by atoms with van der Waals surface area (Å²) in [5, 5.41) is 3.41. The minimum atomic E-state index is -0.496. The smallest absolute Gasteiger partial charge is 0.276 e. The highest BCUT2D eigenvalue weighted by Gasteiger charge is 2.15. The molecular weight excluding hydrogens is 309 g/mol. The summed E-state index contributed by atoms with van der Waals surface area (Å²) >= 11 is 17.7. The minimum Gasteiger partial charge on any atom is -0.397 e. The van der Waals surface area contributed by atoms with E-state index in [1.807, 2.05) is 0 Å². The Kier molecular flexibility index (Phi) is 4.14. The van der Waals surface area contributed by atoms with Crippen molar-refractivity contribution in [3.05, 3.63) is 51.2 Å². The number of nitrogens with two attached hydrogens (primary N) is 1. The first kappa shape index (κ1) is 13.9. The number of carbonyl (C=O) groups is 1. The lowest BCUT2D eigenvalue weighted by atomic mass is 10.2. The molecule has 7 heteroatoms. The fraction of sp³-hybridized carbons (Fsp3) is 0. The monoisotopic (exact) mass is 315 g/mol. The number of anilines is 2. The molecule has 0 bridgehead atoms. The number of carbonyl (C=O) groups excluding carboxylic acids is 1. The summed E-state index contributed by atoms with van der Waals surface area (Å²) < 4.78 is 0. The van der Waals surface area contributed by atoms with E-state index >= 15 is 0 Å². The number of rotatable bonds is 2. The van der Waals surface area contributed by atoms with Gasteiger partial charge in [0.05, 0.1) is 21.4 Å². The zero-order chi connectivity index (χ0) is 14.0. The quantitative estimate of drug-likeness (QED) is 0.883. The van der Waals surface area contributed by atoms with Gasteiger partial charge < -0.3 is 11.1 Å². The maximum Gasteiger partial charge on any atom is 0.276 e. The van der Waals surface area contributed by atoms with Crippen molar-refractivity contribution in [1.82, 2.24) is 4.98 Å². The molecule has 19 heavy (non-hydrogen) atoms. The van der Waals surface area contributed by atoms with Crippen LogP contribution in [0.15, 0.2) is 30.5 Å². The van der Waals surface area contributed by atoms with Crippen LogP contribution in [0, 0.1) is 0 Å². The van der Waals surface area contributed by atoms with E-state index in [9.17, 15) is 4.79 Å². The third kappa shape index (κ3) is 3.10. The average molecular weight is 317 g/mol. The van der Waals surface area contributed by atoms with Crippen molar-refractivity contribution in [3.63, 3.8) is 0 Å². The Hall–Kier alpha value is -1.49. The Morgan fingerprint density at radius 1 is 1.21 bits per heavy atom. The molecule has 0 atom stereocenters. The normalized spacial score (nSPS) is 10.3. The molecular formula is C12H8Cl3N3O. The van der Waals surface area contributed by atoms with Crippen molar-refractivity contribution in [2.75, 3.05) is 11.1 Å². The zero-order valence-electron chi connectivity index (χ0n) is 9.45. The van der Waals surface area contributed by atoms with E-state index in [0.717, 1.165) is 0 Å². The molecule has 0 saturated heterocycles. The highest BCUT2D eigenvalue weighted by atomic mass is 35.5. The van der Waals surface area contributed by atoms with Crippen molar-refractivity contribution < 1.29 is 4.79 Å². The molecule has 3 N–H and O–H groups in total. The van der Waals surface area contributed by atoms with Crippen LogP contribution in [0.25, 0.3) is 0 Å². The molecule has 0 aliphatic heterocycles. The van der Waals surface area contributed by atoms with Gasteiger partial charge in [0.25, 0.3) is 5.91 Å². The molecule has 1 aromatic carbocycles. The maximum atomic E-state index is 12.0. The lowest BCUT2D eigenvalue weighted by Gasteiger charge is -2.10. The average Bonchev–Trinajstić information content (AvgIpc) is 2.34. The van der Waals surface area contributed by atoms with Gasteiger partial charge in [-0.15, -0.1) is 0 Å². The second kappa shape index (κ2) is 5.65. The number of pyridine rings is 1. The molecule has 0 saturated carbocycles. The van der Waals surface area contributed by atoms with Crippen LogP contribution in [0.5, 0.6) is 0 Å². The minimum absolute atomic E-state index is 0.101.